The Morgan fingerprint density at radius 2 is 2.14 bits per heavy atom. The number of carbonyl (C=O) groups is 1. The maximum Gasteiger partial charge on any atom is 0.309 e. The van der Waals surface area contributed by atoms with E-state index in [1.54, 1.807) is 7.11 Å². The predicted molar refractivity (Wildman–Crippen MR) is 53.9 cm³/mol. The normalized spacial score (nSPS) is 32.6. The van der Waals surface area contributed by atoms with E-state index in [4.69, 9.17) is 9.47 Å². The second-order valence-electron chi connectivity index (χ2n) is 4.01. The summed E-state index contributed by atoms with van der Waals surface area (Å²) in [6.45, 7) is 4.44. The van der Waals surface area contributed by atoms with Crippen molar-refractivity contribution in [2.24, 2.45) is 11.8 Å². The van der Waals surface area contributed by atoms with Crippen LogP contribution in [0.2, 0.25) is 0 Å². The molecule has 1 fully saturated rings. The molecule has 3 nitrogen and oxygen atoms in total. The first-order chi connectivity index (χ1) is 6.69. The lowest BCUT2D eigenvalue weighted by Crippen LogP contribution is -2.33. The molecule has 0 heterocycles. The Kier molecular flexibility index (Phi) is 4.39. The van der Waals surface area contributed by atoms with Crippen molar-refractivity contribution in [3.8, 4) is 0 Å². The summed E-state index contributed by atoms with van der Waals surface area (Å²) in [4.78, 5) is 11.5. The average Bonchev–Trinajstić information content (AvgIpc) is 2.17. The summed E-state index contributed by atoms with van der Waals surface area (Å²) in [6.07, 6.45) is 3.18. The third-order valence-corrected chi connectivity index (χ3v) is 3.04. The lowest BCUT2D eigenvalue weighted by Gasteiger charge is -2.31. The largest absolute Gasteiger partial charge is 0.466 e. The third kappa shape index (κ3) is 2.71. The molecule has 0 aromatic heterocycles. The molecule has 1 saturated carbocycles. The van der Waals surface area contributed by atoms with E-state index < -0.39 is 0 Å². The summed E-state index contributed by atoms with van der Waals surface area (Å²) in [5, 5.41) is 0. The zero-order valence-corrected chi connectivity index (χ0v) is 9.29. The fourth-order valence-electron chi connectivity index (χ4n) is 2.16. The number of hydrogen-bond acceptors (Lipinski definition) is 3. The molecule has 3 heteroatoms. The lowest BCUT2D eigenvalue weighted by molar-refractivity contribution is -0.152. The molecule has 0 saturated heterocycles. The van der Waals surface area contributed by atoms with Crippen molar-refractivity contribution in [2.75, 3.05) is 13.7 Å². The number of ether oxygens (including phenoxy) is 2. The van der Waals surface area contributed by atoms with Gasteiger partial charge in [-0.05, 0) is 32.1 Å². The summed E-state index contributed by atoms with van der Waals surface area (Å²) in [5.41, 5.74) is 0. The van der Waals surface area contributed by atoms with Gasteiger partial charge in [-0.15, -0.1) is 0 Å². The van der Waals surface area contributed by atoms with Crippen LogP contribution in [0.1, 0.15) is 33.1 Å². The topological polar surface area (TPSA) is 35.5 Å². The van der Waals surface area contributed by atoms with Crippen LogP contribution in [0.25, 0.3) is 0 Å². The van der Waals surface area contributed by atoms with Gasteiger partial charge < -0.3 is 9.47 Å². The Balaban J connectivity index is 2.45. The van der Waals surface area contributed by atoms with E-state index in [2.05, 4.69) is 6.92 Å². The quantitative estimate of drug-likeness (QED) is 0.654. The van der Waals surface area contributed by atoms with Gasteiger partial charge in [-0.25, -0.2) is 0 Å². The second kappa shape index (κ2) is 5.35. The SMILES string of the molecule is CCOC(=O)C1CC[C@@H](OC)CC1C. The minimum absolute atomic E-state index is 0.0328. The van der Waals surface area contributed by atoms with Crippen LogP contribution in [0.5, 0.6) is 0 Å². The highest BCUT2D eigenvalue weighted by molar-refractivity contribution is 5.72. The van der Waals surface area contributed by atoms with Crippen LogP contribution in [0.15, 0.2) is 0 Å². The van der Waals surface area contributed by atoms with Gasteiger partial charge in [0.2, 0.25) is 0 Å². The summed E-state index contributed by atoms with van der Waals surface area (Å²) < 4.78 is 10.3. The van der Waals surface area contributed by atoms with Crippen molar-refractivity contribution in [3.05, 3.63) is 0 Å². The van der Waals surface area contributed by atoms with Crippen molar-refractivity contribution < 1.29 is 14.3 Å². The molecule has 1 rings (SSSR count). The molecule has 0 aromatic carbocycles. The van der Waals surface area contributed by atoms with E-state index in [0.29, 0.717) is 18.6 Å². The molecular formula is C11H20O3. The van der Waals surface area contributed by atoms with Gasteiger partial charge in [0.25, 0.3) is 0 Å². The van der Waals surface area contributed by atoms with Crippen molar-refractivity contribution in [1.29, 1.82) is 0 Å². The Labute approximate surface area is 85.8 Å². The van der Waals surface area contributed by atoms with Crippen molar-refractivity contribution >= 4 is 5.97 Å². The van der Waals surface area contributed by atoms with Crippen LogP contribution in [0.3, 0.4) is 0 Å². The second-order valence-corrected chi connectivity index (χ2v) is 4.01. The van der Waals surface area contributed by atoms with E-state index in [-0.39, 0.29) is 11.9 Å². The molecule has 14 heavy (non-hydrogen) atoms. The maximum absolute atomic E-state index is 11.5. The van der Waals surface area contributed by atoms with E-state index in [1.807, 2.05) is 6.92 Å². The molecule has 0 radical (unpaired) electrons. The highest BCUT2D eigenvalue weighted by atomic mass is 16.5. The van der Waals surface area contributed by atoms with E-state index in [1.165, 1.54) is 0 Å². The number of esters is 1. The van der Waals surface area contributed by atoms with Gasteiger partial charge >= 0.3 is 5.97 Å². The standard InChI is InChI=1S/C11H20O3/c1-4-14-11(12)10-6-5-9(13-3)7-8(10)2/h8-10H,4-7H2,1-3H3/t8?,9-,10?/m1/s1. The molecule has 1 aliphatic rings. The first kappa shape index (κ1) is 11.5. The van der Waals surface area contributed by atoms with E-state index in [9.17, 15) is 4.79 Å². The monoisotopic (exact) mass is 200 g/mol. The minimum Gasteiger partial charge on any atom is -0.466 e. The Bertz CT molecular complexity index is 191. The molecule has 0 bridgehead atoms. The fourth-order valence-corrected chi connectivity index (χ4v) is 2.16. The van der Waals surface area contributed by atoms with E-state index in [0.717, 1.165) is 19.3 Å². The highest BCUT2D eigenvalue weighted by Gasteiger charge is 2.33. The summed E-state index contributed by atoms with van der Waals surface area (Å²) in [7, 11) is 1.74. The lowest BCUT2D eigenvalue weighted by atomic mass is 9.79. The molecule has 0 amide bonds. The fraction of sp³-hybridized carbons (Fsp3) is 0.909. The van der Waals surface area contributed by atoms with Crippen LogP contribution in [-0.4, -0.2) is 25.8 Å². The molecular weight excluding hydrogens is 180 g/mol. The minimum atomic E-state index is -0.0328. The summed E-state index contributed by atoms with van der Waals surface area (Å²) in [6, 6.07) is 0. The molecule has 2 unspecified atom stereocenters. The summed E-state index contributed by atoms with van der Waals surface area (Å²) >= 11 is 0. The van der Waals surface area contributed by atoms with Gasteiger partial charge in [0, 0.05) is 7.11 Å². The number of methoxy groups -OCH3 is 1. The average molecular weight is 200 g/mol. The van der Waals surface area contributed by atoms with Crippen LogP contribution in [0, 0.1) is 11.8 Å². The number of carbonyl (C=O) groups excluding carboxylic acids is 1. The van der Waals surface area contributed by atoms with Gasteiger partial charge in [-0.3, -0.25) is 4.79 Å². The first-order valence-electron chi connectivity index (χ1n) is 5.38. The van der Waals surface area contributed by atoms with Crippen LogP contribution in [0.4, 0.5) is 0 Å². The van der Waals surface area contributed by atoms with Gasteiger partial charge in [0.15, 0.2) is 0 Å². The number of hydrogen-bond donors (Lipinski definition) is 0. The van der Waals surface area contributed by atoms with Crippen molar-refractivity contribution in [2.45, 2.75) is 39.2 Å². The zero-order chi connectivity index (χ0) is 10.6. The predicted octanol–water partition coefficient (Wildman–Crippen LogP) is 2.00. The van der Waals surface area contributed by atoms with Crippen molar-refractivity contribution in [3.63, 3.8) is 0 Å². The third-order valence-electron chi connectivity index (χ3n) is 3.04. The molecule has 3 atom stereocenters. The van der Waals surface area contributed by atoms with Gasteiger partial charge in [-0.1, -0.05) is 6.92 Å². The maximum atomic E-state index is 11.5. The first-order valence-corrected chi connectivity index (χ1v) is 5.38. The summed E-state index contributed by atoms with van der Waals surface area (Å²) in [5.74, 6) is 0.434. The molecule has 0 spiro atoms. The Morgan fingerprint density at radius 1 is 1.43 bits per heavy atom. The van der Waals surface area contributed by atoms with Crippen LogP contribution in [-0.2, 0) is 14.3 Å². The Morgan fingerprint density at radius 3 is 2.64 bits per heavy atom. The van der Waals surface area contributed by atoms with Gasteiger partial charge in [0.1, 0.15) is 0 Å². The van der Waals surface area contributed by atoms with Gasteiger partial charge in [0.05, 0.1) is 18.6 Å². The molecule has 0 N–H and O–H groups in total. The van der Waals surface area contributed by atoms with Crippen LogP contribution >= 0.6 is 0 Å². The van der Waals surface area contributed by atoms with Crippen molar-refractivity contribution in [1.82, 2.24) is 0 Å². The van der Waals surface area contributed by atoms with Gasteiger partial charge in [-0.2, -0.15) is 0 Å². The molecule has 0 aliphatic heterocycles. The zero-order valence-electron chi connectivity index (χ0n) is 9.29. The number of rotatable bonds is 3. The van der Waals surface area contributed by atoms with E-state index >= 15 is 0 Å². The molecule has 82 valence electrons. The molecule has 1 aliphatic carbocycles. The Hall–Kier alpha value is -0.570. The van der Waals surface area contributed by atoms with Crippen LogP contribution < -0.4 is 0 Å². The smallest absolute Gasteiger partial charge is 0.309 e. The molecule has 0 aromatic rings. The highest BCUT2D eigenvalue weighted by Crippen LogP contribution is 2.31.